The van der Waals surface area contributed by atoms with E-state index in [9.17, 15) is 0 Å². The third-order valence-corrected chi connectivity index (χ3v) is 7.74. The molecule has 6 rings (SSSR count). The third kappa shape index (κ3) is 3.69. The van der Waals surface area contributed by atoms with Gasteiger partial charge in [0.1, 0.15) is 11.3 Å². The van der Waals surface area contributed by atoms with Gasteiger partial charge in [-0.2, -0.15) is 0 Å². The summed E-state index contributed by atoms with van der Waals surface area (Å²) in [5.41, 5.74) is 6.25. The molecule has 32 heavy (non-hydrogen) atoms. The van der Waals surface area contributed by atoms with Crippen LogP contribution < -0.4 is 4.90 Å². The molecule has 3 aromatic rings. The number of piperidine rings is 2. The van der Waals surface area contributed by atoms with Crippen molar-refractivity contribution in [3.8, 4) is 0 Å². The zero-order valence-electron chi connectivity index (χ0n) is 19.3. The normalized spacial score (nSPS) is 26.0. The summed E-state index contributed by atoms with van der Waals surface area (Å²) in [6, 6.07) is 11.3. The van der Waals surface area contributed by atoms with E-state index in [4.69, 9.17) is 9.97 Å². The van der Waals surface area contributed by atoms with Gasteiger partial charge in [-0.25, -0.2) is 4.98 Å². The molecule has 0 amide bonds. The lowest BCUT2D eigenvalue weighted by Crippen LogP contribution is -2.51. The Morgan fingerprint density at radius 1 is 1.09 bits per heavy atom. The first kappa shape index (κ1) is 20.2. The van der Waals surface area contributed by atoms with Crippen molar-refractivity contribution in [3.05, 3.63) is 53.6 Å². The van der Waals surface area contributed by atoms with E-state index in [0.717, 1.165) is 61.2 Å². The van der Waals surface area contributed by atoms with Crippen molar-refractivity contribution < 1.29 is 0 Å². The molecule has 168 valence electrons. The molecule has 0 unspecified atom stereocenters. The second-order valence-corrected chi connectivity index (χ2v) is 10.3. The van der Waals surface area contributed by atoms with Gasteiger partial charge in [-0.05, 0) is 75.4 Å². The van der Waals surface area contributed by atoms with Gasteiger partial charge in [0.25, 0.3) is 0 Å². The Bertz CT molecular complexity index is 1090. The first-order valence-electron chi connectivity index (χ1n) is 12.2. The van der Waals surface area contributed by atoms with Crippen LogP contribution in [-0.4, -0.2) is 65.0 Å². The fourth-order valence-corrected chi connectivity index (χ4v) is 6.49. The number of likely N-dealkylation sites (tertiary alicyclic amines) is 1. The predicted octanol–water partition coefficient (Wildman–Crippen LogP) is 3.86. The number of hydrogen-bond donors (Lipinski definition) is 1. The summed E-state index contributed by atoms with van der Waals surface area (Å²) in [6.07, 6.45) is 6.85. The number of nitrogens with zero attached hydrogens (tertiary/aromatic N) is 5. The van der Waals surface area contributed by atoms with Gasteiger partial charge in [0, 0.05) is 32.4 Å². The summed E-state index contributed by atoms with van der Waals surface area (Å²) in [4.78, 5) is 21.0. The Balaban J connectivity index is 1.24. The summed E-state index contributed by atoms with van der Waals surface area (Å²) < 4.78 is 0. The number of aryl methyl sites for hydroxylation is 1. The van der Waals surface area contributed by atoms with Crippen molar-refractivity contribution in [3.63, 3.8) is 0 Å². The average molecular weight is 431 g/mol. The fraction of sp³-hybridized carbons (Fsp3) is 0.538. The van der Waals surface area contributed by atoms with E-state index in [1.807, 2.05) is 6.20 Å². The number of pyridine rings is 1. The molecule has 0 spiro atoms. The van der Waals surface area contributed by atoms with Crippen LogP contribution in [0.25, 0.3) is 11.0 Å². The minimum absolute atomic E-state index is 0.367. The van der Waals surface area contributed by atoms with Crippen LogP contribution in [0, 0.1) is 11.8 Å². The molecular weight excluding hydrogens is 396 g/mol. The molecule has 4 heterocycles. The maximum Gasteiger partial charge on any atom is 0.121 e. The molecule has 2 aromatic heterocycles. The Morgan fingerprint density at radius 2 is 1.94 bits per heavy atom. The third-order valence-electron chi connectivity index (χ3n) is 7.74. The van der Waals surface area contributed by atoms with Gasteiger partial charge in [0.05, 0.1) is 29.5 Å². The van der Waals surface area contributed by atoms with Gasteiger partial charge in [0.2, 0.25) is 0 Å². The number of fused-ring (bicyclic) bond motifs is 4. The van der Waals surface area contributed by atoms with Gasteiger partial charge < -0.3 is 14.8 Å². The fourth-order valence-electron chi connectivity index (χ4n) is 6.49. The van der Waals surface area contributed by atoms with Crippen LogP contribution in [-0.2, 0) is 13.0 Å². The molecule has 2 fully saturated rings. The summed E-state index contributed by atoms with van der Waals surface area (Å²) in [6.45, 7) is 5.54. The van der Waals surface area contributed by atoms with Gasteiger partial charge in [0.15, 0.2) is 0 Å². The SMILES string of the molecule is CN1C[C@H]2C[C@H](C1)CN(c1cccc3[nH]c(CN(C)[C@H]4CCCc5cccnc54)nc13)C2. The minimum atomic E-state index is 0.367. The highest BCUT2D eigenvalue weighted by molar-refractivity contribution is 5.89. The van der Waals surface area contributed by atoms with E-state index in [-0.39, 0.29) is 0 Å². The van der Waals surface area contributed by atoms with Crippen molar-refractivity contribution in [1.82, 2.24) is 24.8 Å². The summed E-state index contributed by atoms with van der Waals surface area (Å²) >= 11 is 0. The second kappa shape index (κ2) is 8.16. The molecule has 2 bridgehead atoms. The number of rotatable bonds is 4. The summed E-state index contributed by atoms with van der Waals surface area (Å²) in [7, 11) is 4.48. The maximum absolute atomic E-state index is 5.12. The predicted molar refractivity (Wildman–Crippen MR) is 129 cm³/mol. The monoisotopic (exact) mass is 430 g/mol. The van der Waals surface area contributed by atoms with Gasteiger partial charge in [-0.3, -0.25) is 9.88 Å². The Labute approximate surface area is 190 Å². The van der Waals surface area contributed by atoms with Gasteiger partial charge in [-0.1, -0.05) is 12.1 Å². The number of nitrogens with one attached hydrogen (secondary N) is 1. The number of aromatic amines is 1. The number of hydrogen-bond acceptors (Lipinski definition) is 5. The molecule has 0 saturated carbocycles. The number of benzene rings is 1. The lowest BCUT2D eigenvalue weighted by molar-refractivity contribution is 0.133. The number of anilines is 1. The number of para-hydroxylation sites is 1. The molecule has 2 aliphatic heterocycles. The highest BCUT2D eigenvalue weighted by atomic mass is 15.2. The first-order valence-corrected chi connectivity index (χ1v) is 12.2. The van der Waals surface area contributed by atoms with Gasteiger partial charge >= 0.3 is 0 Å². The highest BCUT2D eigenvalue weighted by Gasteiger charge is 2.33. The zero-order chi connectivity index (χ0) is 21.7. The van der Waals surface area contributed by atoms with E-state index in [2.05, 4.69) is 64.1 Å². The van der Waals surface area contributed by atoms with Crippen LogP contribution in [0.15, 0.2) is 36.5 Å². The Morgan fingerprint density at radius 3 is 2.78 bits per heavy atom. The largest absolute Gasteiger partial charge is 0.369 e. The molecule has 6 nitrogen and oxygen atoms in total. The summed E-state index contributed by atoms with van der Waals surface area (Å²) in [5.74, 6) is 2.59. The summed E-state index contributed by atoms with van der Waals surface area (Å²) in [5, 5.41) is 0. The van der Waals surface area contributed by atoms with E-state index in [1.54, 1.807) is 0 Å². The Hall–Kier alpha value is -2.44. The van der Waals surface area contributed by atoms with E-state index in [1.165, 1.54) is 42.9 Å². The average Bonchev–Trinajstić information content (AvgIpc) is 3.20. The Kier molecular flexibility index (Phi) is 5.15. The maximum atomic E-state index is 5.12. The van der Waals surface area contributed by atoms with Crippen molar-refractivity contribution in [2.75, 3.05) is 45.2 Å². The molecular formula is C26H34N6. The number of imidazole rings is 1. The number of aromatic nitrogens is 3. The lowest BCUT2D eigenvalue weighted by Gasteiger charge is -2.45. The minimum Gasteiger partial charge on any atom is -0.369 e. The second-order valence-electron chi connectivity index (χ2n) is 10.3. The smallest absolute Gasteiger partial charge is 0.121 e. The van der Waals surface area contributed by atoms with E-state index < -0.39 is 0 Å². The van der Waals surface area contributed by atoms with E-state index >= 15 is 0 Å². The van der Waals surface area contributed by atoms with Crippen molar-refractivity contribution in [1.29, 1.82) is 0 Å². The van der Waals surface area contributed by atoms with Crippen LogP contribution in [0.3, 0.4) is 0 Å². The topological polar surface area (TPSA) is 51.3 Å². The molecule has 1 aliphatic carbocycles. The molecule has 6 heteroatoms. The molecule has 1 N–H and O–H groups in total. The molecule has 1 aromatic carbocycles. The van der Waals surface area contributed by atoms with Crippen LogP contribution in [0.5, 0.6) is 0 Å². The van der Waals surface area contributed by atoms with Gasteiger partial charge in [-0.15, -0.1) is 0 Å². The molecule has 2 saturated heterocycles. The lowest BCUT2D eigenvalue weighted by atomic mass is 9.84. The van der Waals surface area contributed by atoms with Crippen LogP contribution in [0.1, 0.15) is 42.4 Å². The van der Waals surface area contributed by atoms with Crippen LogP contribution in [0.4, 0.5) is 5.69 Å². The number of H-pyrrole nitrogens is 1. The zero-order valence-corrected chi connectivity index (χ0v) is 19.3. The van der Waals surface area contributed by atoms with Crippen LogP contribution >= 0.6 is 0 Å². The molecule has 0 radical (unpaired) electrons. The molecule has 3 aliphatic rings. The van der Waals surface area contributed by atoms with Crippen molar-refractivity contribution >= 4 is 16.7 Å². The van der Waals surface area contributed by atoms with Crippen LogP contribution in [0.2, 0.25) is 0 Å². The van der Waals surface area contributed by atoms with Crippen molar-refractivity contribution in [2.45, 2.75) is 38.3 Å². The first-order chi connectivity index (χ1) is 15.6. The van der Waals surface area contributed by atoms with E-state index in [0.29, 0.717) is 6.04 Å². The molecule has 3 atom stereocenters. The quantitative estimate of drug-likeness (QED) is 0.681. The highest BCUT2D eigenvalue weighted by Crippen LogP contribution is 2.35. The standard InChI is InChI=1S/C26H34N6/c1-30-13-18-12-19(14-30)16-32(15-18)23-10-4-8-21-26(23)29-24(28-21)17-31(2)22-9-3-6-20-7-5-11-27-25(20)22/h4-5,7-8,10-11,18-19,22H,3,6,9,12-17H2,1-2H3,(H,28,29)/t18-,19-,22+/m1/s1. The van der Waals surface area contributed by atoms with Crippen molar-refractivity contribution in [2.24, 2.45) is 11.8 Å².